The van der Waals surface area contributed by atoms with Crippen molar-refractivity contribution in [2.24, 2.45) is 5.84 Å². The summed E-state index contributed by atoms with van der Waals surface area (Å²) in [5, 5.41) is 3.09. The molecule has 1 aliphatic rings. The fraction of sp³-hybridized carbons (Fsp3) is 0.308. The largest absolute Gasteiger partial charge is 0.471 e. The van der Waals surface area contributed by atoms with Gasteiger partial charge in [0.05, 0.1) is 16.3 Å². The first-order valence-electron chi connectivity index (χ1n) is 10.9. The molecule has 0 fully saturated rings. The van der Waals surface area contributed by atoms with Gasteiger partial charge in [0.25, 0.3) is 0 Å². The van der Waals surface area contributed by atoms with E-state index in [-0.39, 0.29) is 5.92 Å². The highest BCUT2D eigenvalue weighted by atomic mass is 35.5. The number of hydrazine groups is 1. The van der Waals surface area contributed by atoms with Crippen molar-refractivity contribution in [1.29, 1.82) is 0 Å². The maximum absolute atomic E-state index is 12.3. The van der Waals surface area contributed by atoms with Crippen LogP contribution < -0.4 is 10.6 Å². The van der Waals surface area contributed by atoms with E-state index in [9.17, 15) is 4.79 Å². The van der Waals surface area contributed by atoms with E-state index in [4.69, 9.17) is 50.4 Å². The number of pyridine rings is 1. The first kappa shape index (κ1) is 25.0. The predicted molar refractivity (Wildman–Crippen MR) is 139 cm³/mol. The van der Waals surface area contributed by atoms with Crippen LogP contribution in [-0.2, 0) is 4.79 Å². The number of carbonyl (C=O) groups is 1. The summed E-state index contributed by atoms with van der Waals surface area (Å²) < 4.78 is 6.33. The summed E-state index contributed by atoms with van der Waals surface area (Å²) in [4.78, 5) is 17.3. The molecule has 0 saturated heterocycles. The molecule has 2 heterocycles. The van der Waals surface area contributed by atoms with Gasteiger partial charge in [0.15, 0.2) is 0 Å². The number of likely N-dealkylation sites (N-methyl/N-ethyl adjacent to an activating group) is 1. The summed E-state index contributed by atoms with van der Waals surface area (Å²) in [6.45, 7) is 5.80. The second kappa shape index (κ2) is 9.14. The van der Waals surface area contributed by atoms with Crippen LogP contribution in [0.4, 0.5) is 0 Å². The standard InChI is InChI=1S/C26H26Cl3N3O2/c1-25(2)13-21(26(3,14-33)32(4)30)20-12-19(15-5-7-16(27)8-6-15)23(31-24(20)34-25)18-10-9-17(28)11-22(18)29/h5-12,14,21H,13,30H2,1-4H3. The van der Waals surface area contributed by atoms with Gasteiger partial charge in [-0.05, 0) is 69.2 Å². The van der Waals surface area contributed by atoms with Gasteiger partial charge in [0, 0.05) is 39.7 Å². The zero-order valence-electron chi connectivity index (χ0n) is 19.4. The number of hydrogen-bond donors (Lipinski definition) is 1. The van der Waals surface area contributed by atoms with Gasteiger partial charge in [0.1, 0.15) is 11.9 Å². The lowest BCUT2D eigenvalue weighted by atomic mass is 9.73. The molecule has 3 aromatic rings. The molecule has 1 aliphatic heterocycles. The number of aldehydes is 1. The van der Waals surface area contributed by atoms with Crippen molar-refractivity contribution in [2.45, 2.75) is 44.2 Å². The first-order chi connectivity index (χ1) is 15.9. The maximum atomic E-state index is 12.3. The predicted octanol–water partition coefficient (Wildman–Crippen LogP) is 6.78. The highest BCUT2D eigenvalue weighted by Crippen LogP contribution is 2.49. The molecule has 34 heavy (non-hydrogen) atoms. The summed E-state index contributed by atoms with van der Waals surface area (Å²) in [5.74, 6) is 6.37. The highest BCUT2D eigenvalue weighted by molar-refractivity contribution is 6.36. The molecule has 0 bridgehead atoms. The molecular formula is C26H26Cl3N3O2. The summed E-state index contributed by atoms with van der Waals surface area (Å²) >= 11 is 18.9. The summed E-state index contributed by atoms with van der Waals surface area (Å²) in [5.41, 5.74) is 2.38. The third kappa shape index (κ3) is 4.56. The number of ether oxygens (including phenoxy) is 1. The van der Waals surface area contributed by atoms with Crippen LogP contribution in [0.5, 0.6) is 5.88 Å². The average molecular weight is 519 g/mol. The Kier molecular flexibility index (Phi) is 6.71. The van der Waals surface area contributed by atoms with Crippen LogP contribution >= 0.6 is 34.8 Å². The van der Waals surface area contributed by atoms with Crippen molar-refractivity contribution in [3.05, 3.63) is 69.2 Å². The zero-order chi connectivity index (χ0) is 24.8. The second-order valence-electron chi connectivity index (χ2n) is 9.48. The number of benzene rings is 2. The van der Waals surface area contributed by atoms with Crippen molar-refractivity contribution in [3.63, 3.8) is 0 Å². The third-order valence-electron chi connectivity index (χ3n) is 6.50. The molecule has 2 N–H and O–H groups in total. The van der Waals surface area contributed by atoms with Crippen LogP contribution in [0.1, 0.15) is 38.7 Å². The van der Waals surface area contributed by atoms with Gasteiger partial charge < -0.3 is 9.53 Å². The minimum absolute atomic E-state index is 0.257. The number of aromatic nitrogens is 1. The van der Waals surface area contributed by atoms with Crippen LogP contribution in [-0.4, -0.2) is 34.5 Å². The lowest BCUT2D eigenvalue weighted by Crippen LogP contribution is -2.56. The normalized spacial score (nSPS) is 18.7. The van der Waals surface area contributed by atoms with Crippen LogP contribution in [0.3, 0.4) is 0 Å². The van der Waals surface area contributed by atoms with Crippen molar-refractivity contribution in [2.75, 3.05) is 7.05 Å². The average Bonchev–Trinajstić information content (AvgIpc) is 2.77. The van der Waals surface area contributed by atoms with Crippen molar-refractivity contribution in [3.8, 4) is 28.3 Å². The van der Waals surface area contributed by atoms with Crippen LogP contribution in [0.25, 0.3) is 22.4 Å². The smallest absolute Gasteiger partial charge is 0.218 e. The van der Waals surface area contributed by atoms with E-state index in [1.54, 1.807) is 19.2 Å². The van der Waals surface area contributed by atoms with Gasteiger partial charge >= 0.3 is 0 Å². The Morgan fingerprint density at radius 2 is 1.74 bits per heavy atom. The molecule has 2 aromatic carbocycles. The van der Waals surface area contributed by atoms with Gasteiger partial charge in [0.2, 0.25) is 5.88 Å². The van der Waals surface area contributed by atoms with Crippen molar-refractivity contribution in [1.82, 2.24) is 9.99 Å². The van der Waals surface area contributed by atoms with Crippen molar-refractivity contribution < 1.29 is 9.53 Å². The fourth-order valence-corrected chi connectivity index (χ4v) is 5.04. The number of hydrogen-bond acceptors (Lipinski definition) is 5. The Morgan fingerprint density at radius 3 is 2.32 bits per heavy atom. The highest BCUT2D eigenvalue weighted by Gasteiger charge is 2.47. The SMILES string of the molecule is CN(N)C(C)(C=O)C1CC(C)(C)Oc2nc(-c3ccc(Cl)cc3Cl)c(-c3ccc(Cl)cc3)cc21. The summed E-state index contributed by atoms with van der Waals surface area (Å²) in [6, 6.07) is 14.8. The number of halogens is 3. The molecule has 0 spiro atoms. The number of carbonyl (C=O) groups excluding carboxylic acids is 1. The number of nitrogens with zero attached hydrogens (tertiary/aromatic N) is 2. The van der Waals surface area contributed by atoms with Gasteiger partial charge in [-0.2, -0.15) is 0 Å². The summed E-state index contributed by atoms with van der Waals surface area (Å²) in [7, 11) is 1.70. The fourth-order valence-electron chi connectivity index (χ4n) is 4.42. The lowest BCUT2D eigenvalue weighted by molar-refractivity contribution is -0.119. The Hall–Kier alpha value is -2.15. The molecule has 0 saturated carbocycles. The zero-order valence-corrected chi connectivity index (χ0v) is 21.7. The molecule has 4 rings (SSSR count). The minimum atomic E-state index is -0.964. The van der Waals surface area contributed by atoms with Crippen LogP contribution in [0.15, 0.2) is 48.5 Å². The van der Waals surface area contributed by atoms with Crippen LogP contribution in [0.2, 0.25) is 15.1 Å². The third-order valence-corrected chi connectivity index (χ3v) is 7.30. The molecule has 1 aromatic heterocycles. The van der Waals surface area contributed by atoms with Gasteiger partial charge in [-0.1, -0.05) is 46.9 Å². The molecule has 0 amide bonds. The molecule has 8 heteroatoms. The van der Waals surface area contributed by atoms with E-state index in [0.717, 1.165) is 28.5 Å². The van der Waals surface area contributed by atoms with E-state index in [2.05, 4.69) is 0 Å². The van der Waals surface area contributed by atoms with Crippen LogP contribution in [0, 0.1) is 0 Å². The molecule has 2 atom stereocenters. The van der Waals surface area contributed by atoms with E-state index < -0.39 is 11.1 Å². The number of nitrogens with two attached hydrogens (primary N) is 1. The first-order valence-corrected chi connectivity index (χ1v) is 12.0. The van der Waals surface area contributed by atoms with Gasteiger partial charge in [-0.25, -0.2) is 9.99 Å². The molecular weight excluding hydrogens is 493 g/mol. The summed E-state index contributed by atoms with van der Waals surface area (Å²) in [6.07, 6.45) is 1.48. The molecule has 5 nitrogen and oxygen atoms in total. The Morgan fingerprint density at radius 1 is 1.09 bits per heavy atom. The molecule has 178 valence electrons. The maximum Gasteiger partial charge on any atom is 0.218 e. The lowest BCUT2D eigenvalue weighted by Gasteiger charge is -2.45. The Labute approximate surface area is 214 Å². The quantitative estimate of drug-likeness (QED) is 0.229. The molecule has 0 radical (unpaired) electrons. The molecule has 0 aliphatic carbocycles. The van der Waals surface area contributed by atoms with E-state index in [1.807, 2.05) is 57.2 Å². The minimum Gasteiger partial charge on any atom is -0.471 e. The number of rotatable bonds is 5. The van der Waals surface area contributed by atoms with E-state index >= 15 is 0 Å². The Bertz CT molecular complexity index is 1240. The molecule has 2 unspecified atom stereocenters. The van der Waals surface area contributed by atoms with Gasteiger partial charge in [-0.15, -0.1) is 0 Å². The van der Waals surface area contributed by atoms with E-state index in [0.29, 0.717) is 33.1 Å². The topological polar surface area (TPSA) is 68.5 Å². The monoisotopic (exact) mass is 517 g/mol. The second-order valence-corrected chi connectivity index (χ2v) is 10.8. The Balaban J connectivity index is 2.03. The van der Waals surface area contributed by atoms with Crippen molar-refractivity contribution >= 4 is 41.1 Å². The number of fused-ring (bicyclic) bond motifs is 1. The van der Waals surface area contributed by atoms with E-state index in [1.165, 1.54) is 5.01 Å². The van der Waals surface area contributed by atoms with Gasteiger partial charge in [-0.3, -0.25) is 5.84 Å².